The number of hydrazone groups is 1. The van der Waals surface area contributed by atoms with E-state index >= 15 is 0 Å². The number of hydrogen-bond donors (Lipinski definition) is 1. The van der Waals surface area contributed by atoms with Gasteiger partial charge in [-0.3, -0.25) is 4.79 Å². The summed E-state index contributed by atoms with van der Waals surface area (Å²) >= 11 is 4.72. The summed E-state index contributed by atoms with van der Waals surface area (Å²) in [5, 5.41) is 4.29. The van der Waals surface area contributed by atoms with Crippen LogP contribution < -0.4 is 5.43 Å². The van der Waals surface area contributed by atoms with Crippen LogP contribution in [0.25, 0.3) is 0 Å². The fraction of sp³-hybridized carbons (Fsp3) is 0.182. The Labute approximate surface area is 112 Å². The van der Waals surface area contributed by atoms with Gasteiger partial charge in [-0.2, -0.15) is 0 Å². The first kappa shape index (κ1) is 12.3. The van der Waals surface area contributed by atoms with Crippen LogP contribution in [0, 0.1) is 0 Å². The molecule has 0 aliphatic carbocycles. The Morgan fingerprint density at radius 1 is 1.47 bits per heavy atom. The highest BCUT2D eigenvalue weighted by atomic mass is 79.9. The second kappa shape index (κ2) is 5.46. The zero-order chi connectivity index (χ0) is 12.3. The molecule has 17 heavy (non-hydrogen) atoms. The van der Waals surface area contributed by atoms with Gasteiger partial charge in [0.15, 0.2) is 0 Å². The first-order valence-electron chi connectivity index (χ1n) is 4.99. The highest BCUT2D eigenvalue weighted by Gasteiger charge is 2.20. The van der Waals surface area contributed by atoms with Crippen molar-refractivity contribution in [3.8, 4) is 0 Å². The molecule has 0 saturated heterocycles. The molecule has 1 aliphatic heterocycles. The van der Waals surface area contributed by atoms with E-state index in [0.29, 0.717) is 5.17 Å². The molecule has 0 radical (unpaired) electrons. The lowest BCUT2D eigenvalue weighted by Crippen LogP contribution is -2.32. The standard InChI is InChI=1S/C11H10BrN3OS/c1-7-10(16)14-15-11(17-7)13-6-8-2-4-9(12)5-3-8/h2-7H,1H3,(H,14,16). The average Bonchev–Trinajstić information content (AvgIpc) is 2.33. The number of aliphatic imine (C=N–C) groups is 1. The van der Waals surface area contributed by atoms with Gasteiger partial charge in [-0.15, -0.1) is 5.10 Å². The number of thioether (sulfide) groups is 1. The second-order valence-corrected chi connectivity index (χ2v) is 5.66. The molecule has 2 rings (SSSR count). The Balaban J connectivity index is 2.06. The molecule has 1 aliphatic rings. The van der Waals surface area contributed by atoms with E-state index in [9.17, 15) is 4.79 Å². The van der Waals surface area contributed by atoms with Crippen LogP contribution in [0.3, 0.4) is 0 Å². The minimum atomic E-state index is -0.149. The summed E-state index contributed by atoms with van der Waals surface area (Å²) in [4.78, 5) is 15.4. The SMILES string of the molecule is CC1SC(N=Cc2ccc(Br)cc2)=NNC1=O. The molecule has 1 atom stereocenters. The summed E-state index contributed by atoms with van der Waals surface area (Å²) in [5.74, 6) is -0.0856. The smallest absolute Gasteiger partial charge is 0.253 e. The van der Waals surface area contributed by atoms with E-state index in [1.165, 1.54) is 11.8 Å². The fourth-order valence-electron chi connectivity index (χ4n) is 1.17. The molecule has 88 valence electrons. The van der Waals surface area contributed by atoms with Crippen LogP contribution in [0.2, 0.25) is 0 Å². The van der Waals surface area contributed by atoms with Crippen molar-refractivity contribution in [2.75, 3.05) is 0 Å². The van der Waals surface area contributed by atoms with Crippen molar-refractivity contribution in [2.45, 2.75) is 12.2 Å². The van der Waals surface area contributed by atoms with Gasteiger partial charge in [0.2, 0.25) is 5.17 Å². The number of amidine groups is 1. The molecule has 0 aromatic heterocycles. The number of benzene rings is 1. The Morgan fingerprint density at radius 3 is 2.82 bits per heavy atom. The number of carbonyl (C=O) groups is 1. The zero-order valence-corrected chi connectivity index (χ0v) is 11.5. The first-order valence-corrected chi connectivity index (χ1v) is 6.66. The molecular weight excluding hydrogens is 302 g/mol. The minimum Gasteiger partial charge on any atom is -0.272 e. The van der Waals surface area contributed by atoms with Gasteiger partial charge in [-0.05, 0) is 24.6 Å². The number of nitrogens with one attached hydrogen (secondary N) is 1. The molecule has 0 saturated carbocycles. The van der Waals surface area contributed by atoms with E-state index in [0.717, 1.165) is 10.0 Å². The van der Waals surface area contributed by atoms with Crippen LogP contribution in [0.4, 0.5) is 0 Å². The molecule has 0 bridgehead atoms. The van der Waals surface area contributed by atoms with Crippen LogP contribution >= 0.6 is 27.7 Å². The van der Waals surface area contributed by atoms with Crippen LogP contribution in [0.1, 0.15) is 12.5 Å². The van der Waals surface area contributed by atoms with Gasteiger partial charge in [0.25, 0.3) is 5.91 Å². The number of carbonyl (C=O) groups excluding carboxylic acids is 1. The maximum absolute atomic E-state index is 11.2. The number of nitrogens with zero attached hydrogens (tertiary/aromatic N) is 2. The quantitative estimate of drug-likeness (QED) is 0.810. The van der Waals surface area contributed by atoms with Gasteiger partial charge < -0.3 is 0 Å². The van der Waals surface area contributed by atoms with Crippen molar-refractivity contribution in [1.29, 1.82) is 0 Å². The van der Waals surface area contributed by atoms with Crippen molar-refractivity contribution in [3.05, 3.63) is 34.3 Å². The normalized spacial score (nSPS) is 20.2. The predicted octanol–water partition coefficient (Wildman–Crippen LogP) is 2.39. The average molecular weight is 312 g/mol. The molecule has 1 unspecified atom stereocenters. The van der Waals surface area contributed by atoms with Crippen molar-refractivity contribution < 1.29 is 4.79 Å². The van der Waals surface area contributed by atoms with Gasteiger partial charge in [0, 0.05) is 10.7 Å². The van der Waals surface area contributed by atoms with Crippen molar-refractivity contribution in [1.82, 2.24) is 5.43 Å². The summed E-state index contributed by atoms with van der Waals surface area (Å²) in [6, 6.07) is 7.79. The number of rotatable bonds is 1. The summed E-state index contributed by atoms with van der Waals surface area (Å²) in [7, 11) is 0. The monoisotopic (exact) mass is 311 g/mol. The number of hydrogen-bond acceptors (Lipinski definition) is 4. The maximum atomic E-state index is 11.2. The highest BCUT2D eigenvalue weighted by molar-refractivity contribution is 9.10. The summed E-state index contributed by atoms with van der Waals surface area (Å²) < 4.78 is 1.03. The molecule has 1 N–H and O–H groups in total. The third kappa shape index (κ3) is 3.41. The summed E-state index contributed by atoms with van der Waals surface area (Å²) in [5.41, 5.74) is 3.42. The first-order chi connectivity index (χ1) is 8.15. The fourth-order valence-corrected chi connectivity index (χ4v) is 2.12. The van der Waals surface area contributed by atoms with Gasteiger partial charge >= 0.3 is 0 Å². The molecule has 1 amide bonds. The molecular formula is C11H10BrN3OS. The molecule has 1 heterocycles. The van der Waals surface area contributed by atoms with Gasteiger partial charge in [0.1, 0.15) is 0 Å². The lowest BCUT2D eigenvalue weighted by atomic mass is 10.2. The Morgan fingerprint density at radius 2 is 2.18 bits per heavy atom. The van der Waals surface area contributed by atoms with Crippen molar-refractivity contribution >= 4 is 45.0 Å². The van der Waals surface area contributed by atoms with Crippen LogP contribution in [-0.2, 0) is 4.79 Å². The Bertz CT molecular complexity index is 484. The lowest BCUT2D eigenvalue weighted by molar-refractivity contribution is -0.120. The predicted molar refractivity (Wildman–Crippen MR) is 74.4 cm³/mol. The zero-order valence-electron chi connectivity index (χ0n) is 9.05. The van der Waals surface area contributed by atoms with E-state index in [1.807, 2.05) is 31.2 Å². The molecule has 6 heteroatoms. The largest absolute Gasteiger partial charge is 0.272 e. The van der Waals surface area contributed by atoms with Gasteiger partial charge in [0.05, 0.1) is 5.25 Å². The molecule has 1 aromatic carbocycles. The number of halogens is 1. The molecule has 4 nitrogen and oxygen atoms in total. The third-order valence-corrected chi connectivity index (χ3v) is 3.61. The summed E-state index contributed by atoms with van der Waals surface area (Å²) in [6.45, 7) is 1.82. The van der Waals surface area contributed by atoms with E-state index in [2.05, 4.69) is 31.4 Å². The number of amides is 1. The summed E-state index contributed by atoms with van der Waals surface area (Å²) in [6.07, 6.45) is 1.72. The Hall–Kier alpha value is -1.14. The van der Waals surface area contributed by atoms with E-state index in [1.54, 1.807) is 6.21 Å². The van der Waals surface area contributed by atoms with Crippen LogP contribution in [0.5, 0.6) is 0 Å². The second-order valence-electron chi connectivity index (χ2n) is 3.44. The van der Waals surface area contributed by atoms with E-state index in [-0.39, 0.29) is 11.2 Å². The third-order valence-electron chi connectivity index (χ3n) is 2.11. The molecule has 0 spiro atoms. The van der Waals surface area contributed by atoms with Crippen molar-refractivity contribution in [3.63, 3.8) is 0 Å². The Kier molecular flexibility index (Phi) is 3.96. The van der Waals surface area contributed by atoms with E-state index in [4.69, 9.17) is 0 Å². The van der Waals surface area contributed by atoms with Gasteiger partial charge in [-0.25, -0.2) is 10.4 Å². The minimum absolute atomic E-state index is 0.0856. The topological polar surface area (TPSA) is 53.8 Å². The van der Waals surface area contributed by atoms with Crippen LogP contribution in [0.15, 0.2) is 38.8 Å². The van der Waals surface area contributed by atoms with Gasteiger partial charge in [-0.1, -0.05) is 39.8 Å². The molecule has 0 fully saturated rings. The molecule has 1 aromatic rings. The maximum Gasteiger partial charge on any atom is 0.253 e. The highest BCUT2D eigenvalue weighted by Crippen LogP contribution is 2.17. The van der Waals surface area contributed by atoms with Crippen LogP contribution in [-0.4, -0.2) is 22.5 Å². The van der Waals surface area contributed by atoms with E-state index < -0.39 is 0 Å². The lowest BCUT2D eigenvalue weighted by Gasteiger charge is -2.13. The van der Waals surface area contributed by atoms with Crippen molar-refractivity contribution in [2.24, 2.45) is 10.1 Å².